The summed E-state index contributed by atoms with van der Waals surface area (Å²) in [5, 5.41) is 8.73. The van der Waals surface area contributed by atoms with Crippen LogP contribution in [0.4, 0.5) is 0 Å². The fourth-order valence-corrected chi connectivity index (χ4v) is 1.56. The van der Waals surface area contributed by atoms with Gasteiger partial charge < -0.3 is 9.84 Å². The van der Waals surface area contributed by atoms with Crippen molar-refractivity contribution < 1.29 is 24.2 Å². The number of carboxylic acids is 1. The summed E-state index contributed by atoms with van der Waals surface area (Å²) in [4.78, 5) is 32.8. The van der Waals surface area contributed by atoms with Gasteiger partial charge in [0.2, 0.25) is 0 Å². The lowest BCUT2D eigenvalue weighted by atomic mass is 9.95. The number of hydrogen-bond acceptors (Lipinski definition) is 4. The van der Waals surface area contributed by atoms with Gasteiger partial charge >= 0.3 is 5.97 Å². The number of ether oxygens (including phenoxy) is 1. The molecule has 0 aliphatic rings. The van der Waals surface area contributed by atoms with Crippen molar-refractivity contribution >= 4 is 17.5 Å². The number of hydrogen-bond donors (Lipinski definition) is 1. The zero-order valence-electron chi connectivity index (χ0n) is 12.2. The van der Waals surface area contributed by atoms with Gasteiger partial charge in [0.25, 0.3) is 5.60 Å². The Hall–Kier alpha value is -2.01. The topological polar surface area (TPSA) is 80.7 Å². The number of Topliss-reactive ketones (excluding diaryl/α,β-unsaturated/α-hetero) is 2. The van der Waals surface area contributed by atoms with Gasteiger partial charge in [0.05, 0.1) is 0 Å². The first-order valence-corrected chi connectivity index (χ1v) is 6.20. The summed E-state index contributed by atoms with van der Waals surface area (Å²) < 4.78 is 4.72. The monoisotopic (exact) mass is 280 g/mol. The quantitative estimate of drug-likeness (QED) is 0.834. The maximum Gasteiger partial charge on any atom is 0.351 e. The third-order valence-corrected chi connectivity index (χ3v) is 2.59. The molecule has 0 atom stereocenters. The van der Waals surface area contributed by atoms with Gasteiger partial charge in [-0.05, 0) is 27.7 Å². The number of aliphatic carboxylic acids is 1. The summed E-state index contributed by atoms with van der Waals surface area (Å²) in [6, 6.07) is 10.3. The van der Waals surface area contributed by atoms with Crippen LogP contribution >= 0.6 is 0 Å². The second-order valence-electron chi connectivity index (χ2n) is 4.19. The molecule has 1 aromatic rings. The third-order valence-electron chi connectivity index (χ3n) is 2.59. The normalized spacial score (nSPS) is 10.2. The van der Waals surface area contributed by atoms with Gasteiger partial charge in [-0.3, -0.25) is 9.59 Å². The average molecular weight is 280 g/mol. The summed E-state index contributed by atoms with van der Waals surface area (Å²) in [6.45, 7) is 5.63. The summed E-state index contributed by atoms with van der Waals surface area (Å²) in [7, 11) is 0. The number of aryl methyl sites for hydroxylation is 1. The maximum atomic E-state index is 11.0. The number of carboxylic acid groups (broad SMARTS) is 1. The molecule has 0 amide bonds. The largest absolute Gasteiger partial charge is 0.478 e. The van der Waals surface area contributed by atoms with E-state index in [0.29, 0.717) is 0 Å². The average Bonchev–Trinajstić information content (AvgIpc) is 2.36. The first-order valence-electron chi connectivity index (χ1n) is 6.20. The van der Waals surface area contributed by atoms with Gasteiger partial charge in [0.1, 0.15) is 0 Å². The first kappa shape index (κ1) is 18.0. The molecule has 0 aliphatic carbocycles. The molecule has 20 heavy (non-hydrogen) atoms. The van der Waals surface area contributed by atoms with Crippen LogP contribution in [-0.2, 0) is 19.1 Å². The minimum absolute atomic E-state index is 0.00847. The van der Waals surface area contributed by atoms with Gasteiger partial charge in [0.15, 0.2) is 11.6 Å². The molecule has 0 saturated carbocycles. The second kappa shape index (κ2) is 8.22. The minimum atomic E-state index is -2.31. The molecule has 0 aromatic heterocycles. The van der Waals surface area contributed by atoms with Gasteiger partial charge in [-0.1, -0.05) is 35.9 Å². The maximum absolute atomic E-state index is 11.0. The fourth-order valence-electron chi connectivity index (χ4n) is 1.56. The van der Waals surface area contributed by atoms with E-state index in [0.717, 1.165) is 13.8 Å². The summed E-state index contributed by atoms with van der Waals surface area (Å²) in [5.41, 5.74) is -0.989. The Morgan fingerprint density at radius 2 is 1.55 bits per heavy atom. The molecule has 1 N–H and O–H groups in total. The molecule has 1 aromatic carbocycles. The third kappa shape index (κ3) is 4.59. The lowest BCUT2D eigenvalue weighted by Crippen LogP contribution is -2.53. The van der Waals surface area contributed by atoms with E-state index in [-0.39, 0.29) is 6.61 Å². The van der Waals surface area contributed by atoms with Gasteiger partial charge in [-0.2, -0.15) is 0 Å². The Bertz CT molecular complexity index is 428. The number of benzene rings is 1. The highest BCUT2D eigenvalue weighted by Crippen LogP contribution is 2.14. The SMILES string of the molecule is CCOC(C(C)=O)(C(C)=O)C(=O)O.Cc1ccccc1. The Labute approximate surface area is 118 Å². The van der Waals surface area contributed by atoms with Crippen LogP contribution in [0.1, 0.15) is 26.3 Å². The van der Waals surface area contributed by atoms with Crippen LogP contribution in [0.2, 0.25) is 0 Å². The smallest absolute Gasteiger partial charge is 0.351 e. The van der Waals surface area contributed by atoms with Crippen molar-refractivity contribution in [2.24, 2.45) is 0 Å². The predicted octanol–water partition coefficient (Wildman–Crippen LogP) is 2.02. The van der Waals surface area contributed by atoms with Crippen molar-refractivity contribution in [3.63, 3.8) is 0 Å². The van der Waals surface area contributed by atoms with Crippen LogP contribution in [0.15, 0.2) is 30.3 Å². The molecule has 5 heteroatoms. The van der Waals surface area contributed by atoms with E-state index in [2.05, 4.69) is 19.1 Å². The van der Waals surface area contributed by atoms with Gasteiger partial charge in [0, 0.05) is 6.61 Å². The van der Waals surface area contributed by atoms with Crippen LogP contribution in [0.5, 0.6) is 0 Å². The van der Waals surface area contributed by atoms with Crippen molar-refractivity contribution in [1.82, 2.24) is 0 Å². The summed E-state index contributed by atoms with van der Waals surface area (Å²) >= 11 is 0. The molecule has 110 valence electrons. The Kier molecular flexibility index (Phi) is 7.39. The Balaban J connectivity index is 0.000000428. The fraction of sp³-hybridized carbons (Fsp3) is 0.400. The highest BCUT2D eigenvalue weighted by molar-refractivity contribution is 6.24. The van der Waals surface area contributed by atoms with Crippen molar-refractivity contribution in [2.45, 2.75) is 33.3 Å². The van der Waals surface area contributed by atoms with Crippen molar-refractivity contribution in [2.75, 3.05) is 6.61 Å². The lowest BCUT2D eigenvalue weighted by molar-refractivity contribution is -0.174. The predicted molar refractivity (Wildman–Crippen MR) is 74.5 cm³/mol. The molecule has 0 heterocycles. The molecular formula is C15H20O5. The zero-order chi connectivity index (χ0) is 15.8. The van der Waals surface area contributed by atoms with Gasteiger partial charge in [-0.25, -0.2) is 4.79 Å². The molecule has 5 nitrogen and oxygen atoms in total. The number of carbonyl (C=O) groups excluding carboxylic acids is 2. The van der Waals surface area contributed by atoms with Crippen LogP contribution in [0.25, 0.3) is 0 Å². The molecule has 0 aliphatic heterocycles. The molecule has 1 rings (SSSR count). The molecule has 0 fully saturated rings. The number of rotatable bonds is 5. The van der Waals surface area contributed by atoms with Crippen LogP contribution in [-0.4, -0.2) is 34.9 Å². The van der Waals surface area contributed by atoms with E-state index < -0.39 is 23.1 Å². The highest BCUT2D eigenvalue weighted by atomic mass is 16.5. The van der Waals surface area contributed by atoms with Crippen molar-refractivity contribution in [3.8, 4) is 0 Å². The van der Waals surface area contributed by atoms with E-state index in [1.807, 2.05) is 18.2 Å². The number of carbonyl (C=O) groups is 3. The molecule has 0 unspecified atom stereocenters. The second-order valence-corrected chi connectivity index (χ2v) is 4.19. The van der Waals surface area contributed by atoms with Crippen molar-refractivity contribution in [3.05, 3.63) is 35.9 Å². The molecule has 0 radical (unpaired) electrons. The molecule has 0 bridgehead atoms. The lowest BCUT2D eigenvalue weighted by Gasteiger charge is -2.22. The van der Waals surface area contributed by atoms with E-state index in [1.54, 1.807) is 0 Å². The van der Waals surface area contributed by atoms with E-state index in [1.165, 1.54) is 12.5 Å². The summed E-state index contributed by atoms with van der Waals surface area (Å²) in [6.07, 6.45) is 0. The zero-order valence-corrected chi connectivity index (χ0v) is 12.2. The minimum Gasteiger partial charge on any atom is -0.478 e. The Morgan fingerprint density at radius 3 is 1.70 bits per heavy atom. The van der Waals surface area contributed by atoms with Crippen molar-refractivity contribution in [1.29, 1.82) is 0 Å². The van der Waals surface area contributed by atoms with E-state index in [9.17, 15) is 14.4 Å². The molecule has 0 spiro atoms. The van der Waals surface area contributed by atoms with Crippen LogP contribution in [0.3, 0.4) is 0 Å². The Morgan fingerprint density at radius 1 is 1.10 bits per heavy atom. The first-order chi connectivity index (χ1) is 9.28. The van der Waals surface area contributed by atoms with Gasteiger partial charge in [-0.15, -0.1) is 0 Å². The number of ketones is 2. The van der Waals surface area contributed by atoms with Crippen LogP contribution < -0.4 is 0 Å². The summed E-state index contributed by atoms with van der Waals surface area (Å²) in [5.74, 6) is -3.18. The van der Waals surface area contributed by atoms with E-state index >= 15 is 0 Å². The van der Waals surface area contributed by atoms with Crippen LogP contribution in [0, 0.1) is 6.92 Å². The molecule has 0 saturated heterocycles. The standard InChI is InChI=1S/C8H12O5.C7H8/c1-4-13-8(5(2)9,6(3)10)7(11)12;1-7-5-3-2-4-6-7/h4H2,1-3H3,(H,11,12);2-6H,1H3. The van der Waals surface area contributed by atoms with E-state index in [4.69, 9.17) is 9.84 Å². The highest BCUT2D eigenvalue weighted by Gasteiger charge is 2.49. The molecular weight excluding hydrogens is 260 g/mol.